The van der Waals surface area contributed by atoms with Crippen molar-refractivity contribution in [2.45, 2.75) is 6.04 Å². The van der Waals surface area contributed by atoms with Crippen LogP contribution in [0.15, 0.2) is 83.3 Å². The number of piperazine rings is 1. The second kappa shape index (κ2) is 7.56. The highest BCUT2D eigenvalue weighted by Crippen LogP contribution is 2.35. The predicted molar refractivity (Wildman–Crippen MR) is 110 cm³/mol. The van der Waals surface area contributed by atoms with Gasteiger partial charge in [0.25, 0.3) is 5.91 Å². The fourth-order valence-corrected chi connectivity index (χ4v) is 3.65. The van der Waals surface area contributed by atoms with Crippen LogP contribution in [-0.4, -0.2) is 18.4 Å². The Kier molecular flexibility index (Phi) is 4.96. The molecule has 0 aliphatic carbocycles. The van der Waals surface area contributed by atoms with E-state index in [0.29, 0.717) is 11.3 Å². The molecule has 4 nitrogen and oxygen atoms in total. The maximum absolute atomic E-state index is 14.3. The number of para-hydroxylation sites is 1. The van der Waals surface area contributed by atoms with E-state index in [1.165, 1.54) is 21.9 Å². The number of amides is 2. The van der Waals surface area contributed by atoms with Gasteiger partial charge in [-0.25, -0.2) is 4.39 Å². The van der Waals surface area contributed by atoms with Crippen molar-refractivity contribution in [3.8, 4) is 0 Å². The van der Waals surface area contributed by atoms with Gasteiger partial charge in [0, 0.05) is 10.2 Å². The number of hydrogen-bond donors (Lipinski definition) is 0. The number of anilines is 2. The molecule has 140 valence electrons. The van der Waals surface area contributed by atoms with Gasteiger partial charge in [-0.1, -0.05) is 58.4 Å². The summed E-state index contributed by atoms with van der Waals surface area (Å²) in [6, 6.07) is 21.4. The Morgan fingerprint density at radius 3 is 2.18 bits per heavy atom. The highest BCUT2D eigenvalue weighted by Gasteiger charge is 2.42. The molecule has 1 fully saturated rings. The van der Waals surface area contributed by atoms with Crippen molar-refractivity contribution in [3.63, 3.8) is 0 Å². The molecule has 0 radical (unpaired) electrons. The fraction of sp³-hybridized carbons (Fsp3) is 0.0909. The van der Waals surface area contributed by atoms with Crippen LogP contribution in [-0.2, 0) is 9.59 Å². The van der Waals surface area contributed by atoms with Gasteiger partial charge < -0.3 is 0 Å². The van der Waals surface area contributed by atoms with Crippen LogP contribution in [0.25, 0.3) is 0 Å². The first kappa shape index (κ1) is 18.4. The summed E-state index contributed by atoms with van der Waals surface area (Å²) in [6.45, 7) is -0.223. The Labute approximate surface area is 170 Å². The van der Waals surface area contributed by atoms with Gasteiger partial charge in [0.1, 0.15) is 18.4 Å². The second-order valence-electron chi connectivity index (χ2n) is 6.43. The van der Waals surface area contributed by atoms with Crippen molar-refractivity contribution in [2.75, 3.05) is 16.3 Å². The molecule has 3 aromatic carbocycles. The molecule has 4 rings (SSSR count). The van der Waals surface area contributed by atoms with E-state index in [9.17, 15) is 14.0 Å². The van der Waals surface area contributed by atoms with Crippen molar-refractivity contribution in [3.05, 3.63) is 94.7 Å². The Morgan fingerprint density at radius 1 is 0.857 bits per heavy atom. The van der Waals surface area contributed by atoms with Crippen LogP contribution >= 0.6 is 15.9 Å². The molecule has 0 bridgehead atoms. The molecule has 1 saturated heterocycles. The SMILES string of the molecule is O=C1[C@@H](c2ccccc2)N(c2ccc(Br)cc2)C(=O)CN1c1ccccc1F. The maximum atomic E-state index is 14.3. The first-order valence-electron chi connectivity index (χ1n) is 8.75. The Balaban J connectivity index is 1.82. The van der Waals surface area contributed by atoms with E-state index in [-0.39, 0.29) is 24.0 Å². The fourth-order valence-electron chi connectivity index (χ4n) is 3.39. The van der Waals surface area contributed by atoms with Gasteiger partial charge in [-0.15, -0.1) is 0 Å². The molecule has 6 heteroatoms. The third-order valence-electron chi connectivity index (χ3n) is 4.68. The molecule has 0 spiro atoms. The zero-order valence-electron chi connectivity index (χ0n) is 14.8. The summed E-state index contributed by atoms with van der Waals surface area (Å²) in [4.78, 5) is 29.2. The van der Waals surface area contributed by atoms with Gasteiger partial charge in [0.15, 0.2) is 0 Å². The Bertz CT molecular complexity index is 1020. The lowest BCUT2D eigenvalue weighted by Gasteiger charge is -2.40. The minimum atomic E-state index is -0.872. The van der Waals surface area contributed by atoms with Gasteiger partial charge in [-0.2, -0.15) is 0 Å². The van der Waals surface area contributed by atoms with Crippen molar-refractivity contribution in [2.24, 2.45) is 0 Å². The molecule has 3 aromatic rings. The van der Waals surface area contributed by atoms with E-state index in [2.05, 4.69) is 15.9 Å². The van der Waals surface area contributed by atoms with Crippen LogP contribution < -0.4 is 9.80 Å². The van der Waals surface area contributed by atoms with Gasteiger partial charge in [-0.05, 0) is 42.0 Å². The third kappa shape index (κ3) is 3.31. The number of nitrogens with zero attached hydrogens (tertiary/aromatic N) is 2. The molecule has 1 heterocycles. The number of hydrogen-bond acceptors (Lipinski definition) is 2. The molecule has 0 unspecified atom stereocenters. The smallest absolute Gasteiger partial charge is 0.255 e. The van der Waals surface area contributed by atoms with Gasteiger partial charge in [0.05, 0.1) is 5.69 Å². The first-order valence-corrected chi connectivity index (χ1v) is 9.54. The lowest BCUT2D eigenvalue weighted by molar-refractivity contribution is -0.128. The maximum Gasteiger partial charge on any atom is 0.255 e. The topological polar surface area (TPSA) is 40.6 Å². The molecule has 1 atom stereocenters. The standard InChI is InChI=1S/C22H16BrFN2O2/c23-16-10-12-17(13-11-16)26-20(27)14-25(19-9-5-4-8-18(19)24)22(28)21(26)15-6-2-1-3-7-15/h1-13,21H,14H2/t21-/m1/s1. The molecule has 28 heavy (non-hydrogen) atoms. The number of carbonyl (C=O) groups excluding carboxylic acids is 2. The van der Waals surface area contributed by atoms with Gasteiger partial charge >= 0.3 is 0 Å². The summed E-state index contributed by atoms with van der Waals surface area (Å²) >= 11 is 3.38. The first-order chi connectivity index (χ1) is 13.6. The summed E-state index contributed by atoms with van der Waals surface area (Å²) in [6.07, 6.45) is 0. The highest BCUT2D eigenvalue weighted by atomic mass is 79.9. The van der Waals surface area contributed by atoms with Crippen molar-refractivity contribution in [1.82, 2.24) is 0 Å². The zero-order chi connectivity index (χ0) is 19.7. The highest BCUT2D eigenvalue weighted by molar-refractivity contribution is 9.10. The minimum absolute atomic E-state index is 0.109. The van der Waals surface area contributed by atoms with E-state index >= 15 is 0 Å². The summed E-state index contributed by atoms with van der Waals surface area (Å²) < 4.78 is 15.2. The van der Waals surface area contributed by atoms with Gasteiger partial charge in [-0.3, -0.25) is 19.4 Å². The molecule has 1 aliphatic heterocycles. The molecule has 1 aliphatic rings. The molecule has 0 aromatic heterocycles. The molecular weight excluding hydrogens is 423 g/mol. The lowest BCUT2D eigenvalue weighted by Crippen LogP contribution is -2.56. The summed E-state index contributed by atoms with van der Waals surface area (Å²) in [5, 5.41) is 0. The largest absolute Gasteiger partial charge is 0.298 e. The molecule has 2 amide bonds. The second-order valence-corrected chi connectivity index (χ2v) is 7.34. The van der Waals surface area contributed by atoms with Crippen molar-refractivity contribution < 1.29 is 14.0 Å². The number of carbonyl (C=O) groups is 2. The molecule has 0 saturated carbocycles. The molecule has 0 N–H and O–H groups in total. The summed E-state index contributed by atoms with van der Waals surface area (Å²) in [5.74, 6) is -1.16. The summed E-state index contributed by atoms with van der Waals surface area (Å²) in [5.41, 5.74) is 1.39. The number of rotatable bonds is 3. The van der Waals surface area contributed by atoms with E-state index in [0.717, 1.165) is 4.47 Å². The normalized spacial score (nSPS) is 17.1. The Hall–Kier alpha value is -2.99. The quantitative estimate of drug-likeness (QED) is 0.593. The number of halogens is 2. The van der Waals surface area contributed by atoms with E-state index in [4.69, 9.17) is 0 Å². The van der Waals surface area contributed by atoms with E-state index in [1.807, 2.05) is 30.3 Å². The van der Waals surface area contributed by atoms with Crippen LogP contribution in [0.4, 0.5) is 15.8 Å². The van der Waals surface area contributed by atoms with Crippen LogP contribution in [0.3, 0.4) is 0 Å². The van der Waals surface area contributed by atoms with Crippen molar-refractivity contribution in [1.29, 1.82) is 0 Å². The van der Waals surface area contributed by atoms with Crippen LogP contribution in [0, 0.1) is 5.82 Å². The Morgan fingerprint density at radius 2 is 1.50 bits per heavy atom. The van der Waals surface area contributed by atoms with Crippen LogP contribution in [0.2, 0.25) is 0 Å². The average Bonchev–Trinajstić information content (AvgIpc) is 2.71. The lowest BCUT2D eigenvalue weighted by atomic mass is 9.99. The number of benzene rings is 3. The van der Waals surface area contributed by atoms with E-state index < -0.39 is 11.9 Å². The van der Waals surface area contributed by atoms with Crippen molar-refractivity contribution >= 4 is 39.1 Å². The average molecular weight is 439 g/mol. The van der Waals surface area contributed by atoms with Gasteiger partial charge in [0.2, 0.25) is 5.91 Å². The zero-order valence-corrected chi connectivity index (χ0v) is 16.3. The summed E-state index contributed by atoms with van der Waals surface area (Å²) in [7, 11) is 0. The van der Waals surface area contributed by atoms with E-state index in [1.54, 1.807) is 36.4 Å². The monoisotopic (exact) mass is 438 g/mol. The molecular formula is C22H16BrFN2O2. The predicted octanol–water partition coefficient (Wildman–Crippen LogP) is 4.71. The van der Waals surface area contributed by atoms with Crippen LogP contribution in [0.1, 0.15) is 11.6 Å². The minimum Gasteiger partial charge on any atom is -0.298 e. The van der Waals surface area contributed by atoms with Crippen LogP contribution in [0.5, 0.6) is 0 Å². The third-order valence-corrected chi connectivity index (χ3v) is 5.21.